The molecule has 3 rings (SSSR count). The lowest BCUT2D eigenvalue weighted by atomic mass is 9.94. The van der Waals surface area contributed by atoms with E-state index in [0.29, 0.717) is 12.1 Å². The molecule has 7 heteroatoms. The van der Waals surface area contributed by atoms with Crippen molar-refractivity contribution in [3.05, 3.63) is 24.5 Å². The van der Waals surface area contributed by atoms with Crippen LogP contribution < -0.4 is 9.64 Å². The van der Waals surface area contributed by atoms with Gasteiger partial charge in [-0.2, -0.15) is 0 Å². The molecule has 0 atom stereocenters. The number of ether oxygens (including phenoxy) is 1. The van der Waals surface area contributed by atoms with Gasteiger partial charge in [-0.05, 0) is 43.4 Å². The van der Waals surface area contributed by atoms with Crippen LogP contribution in [0.25, 0.3) is 10.9 Å². The molecule has 0 aliphatic carbocycles. The van der Waals surface area contributed by atoms with E-state index in [-0.39, 0.29) is 0 Å². The first-order valence-electron chi connectivity index (χ1n) is 7.86. The van der Waals surface area contributed by atoms with Crippen molar-refractivity contribution in [2.45, 2.75) is 19.3 Å². The second-order valence-corrected chi connectivity index (χ2v) is 7.09. The molecular weight excluding hydrogens is 313 g/mol. The minimum atomic E-state index is -1.76. The van der Waals surface area contributed by atoms with Gasteiger partial charge in [-0.25, -0.2) is 9.97 Å². The number of nitrogens with zero attached hydrogens (tertiary/aromatic N) is 3. The molecule has 0 radical (unpaired) electrons. The number of hydrogen-bond acceptors (Lipinski definition) is 6. The minimum Gasteiger partial charge on any atom is -0.497 e. The van der Waals surface area contributed by atoms with Crippen LogP contribution in [0.5, 0.6) is 5.75 Å². The van der Waals surface area contributed by atoms with Crippen LogP contribution in [-0.2, 0) is 0 Å². The predicted octanol–water partition coefficient (Wildman–Crippen LogP) is 2.54. The lowest BCUT2D eigenvalue weighted by Gasteiger charge is -2.33. The maximum absolute atomic E-state index is 9.06. The van der Waals surface area contributed by atoms with Crippen molar-refractivity contribution in [2.75, 3.05) is 31.3 Å². The van der Waals surface area contributed by atoms with E-state index >= 15 is 0 Å². The summed E-state index contributed by atoms with van der Waals surface area (Å²) in [7, 11) is -0.0976. The fraction of sp³-hybridized carbons (Fsp3) is 0.500. The zero-order valence-electron chi connectivity index (χ0n) is 13.2. The van der Waals surface area contributed by atoms with Crippen molar-refractivity contribution < 1.29 is 14.5 Å². The summed E-state index contributed by atoms with van der Waals surface area (Å²) in [6.07, 6.45) is 5.14. The summed E-state index contributed by atoms with van der Waals surface area (Å²) in [5.74, 6) is 2.33. The third kappa shape index (κ3) is 3.89. The molecule has 0 bridgehead atoms. The summed E-state index contributed by atoms with van der Waals surface area (Å²) in [6, 6.07) is 5.85. The van der Waals surface area contributed by atoms with Crippen LogP contribution in [0, 0.1) is 5.92 Å². The Labute approximate surface area is 137 Å². The Kier molecular flexibility index (Phi) is 5.26. The Hall–Kier alpha value is -1.49. The van der Waals surface area contributed by atoms with Gasteiger partial charge in [-0.3, -0.25) is 0 Å². The van der Waals surface area contributed by atoms with Gasteiger partial charge in [-0.15, -0.1) is 0 Å². The number of hydrogen-bond donors (Lipinski definition) is 2. The SMILES string of the molecule is COc1ccc2ncnc(N3CCC(CCP(O)O)CC3)c2c1. The van der Waals surface area contributed by atoms with E-state index in [1.165, 1.54) is 0 Å². The number of fused-ring (bicyclic) bond motifs is 1. The minimum absolute atomic E-state index is 0.521. The highest BCUT2D eigenvalue weighted by molar-refractivity contribution is 7.45. The first-order valence-corrected chi connectivity index (χ1v) is 9.29. The average Bonchev–Trinajstić information content (AvgIpc) is 2.59. The molecule has 2 N–H and O–H groups in total. The van der Waals surface area contributed by atoms with Gasteiger partial charge >= 0.3 is 0 Å². The lowest BCUT2D eigenvalue weighted by molar-refractivity contribution is 0.386. The zero-order valence-corrected chi connectivity index (χ0v) is 14.1. The molecule has 2 aromatic rings. The molecule has 0 unspecified atom stereocenters. The fourth-order valence-electron chi connectivity index (χ4n) is 3.13. The Morgan fingerprint density at radius 1 is 1.26 bits per heavy atom. The average molecular weight is 335 g/mol. The maximum atomic E-state index is 9.06. The van der Waals surface area contributed by atoms with E-state index in [0.717, 1.165) is 54.8 Å². The van der Waals surface area contributed by atoms with E-state index in [1.807, 2.05) is 18.2 Å². The molecule has 1 aromatic carbocycles. The molecule has 0 saturated carbocycles. The molecule has 1 aromatic heterocycles. The number of aromatic nitrogens is 2. The first-order chi connectivity index (χ1) is 11.2. The number of piperidine rings is 1. The van der Waals surface area contributed by atoms with E-state index < -0.39 is 8.38 Å². The van der Waals surface area contributed by atoms with Crippen molar-refractivity contribution in [3.63, 3.8) is 0 Å². The van der Waals surface area contributed by atoms with Gasteiger partial charge in [0.05, 0.1) is 12.6 Å². The van der Waals surface area contributed by atoms with E-state index in [9.17, 15) is 0 Å². The highest BCUT2D eigenvalue weighted by atomic mass is 31.2. The monoisotopic (exact) mass is 335 g/mol. The number of anilines is 1. The van der Waals surface area contributed by atoms with Crippen molar-refractivity contribution >= 4 is 25.1 Å². The molecule has 6 nitrogen and oxygen atoms in total. The number of rotatable bonds is 5. The summed E-state index contributed by atoms with van der Waals surface area (Å²) in [4.78, 5) is 29.2. The van der Waals surface area contributed by atoms with Crippen LogP contribution in [0.3, 0.4) is 0 Å². The molecule has 2 heterocycles. The van der Waals surface area contributed by atoms with Crippen LogP contribution in [0.1, 0.15) is 19.3 Å². The summed E-state index contributed by atoms with van der Waals surface area (Å²) < 4.78 is 5.32. The number of benzene rings is 1. The molecule has 0 spiro atoms. The molecule has 1 saturated heterocycles. The van der Waals surface area contributed by atoms with Gasteiger partial charge < -0.3 is 19.4 Å². The summed E-state index contributed by atoms with van der Waals surface area (Å²) in [5, 5.41) is 1.01. The largest absolute Gasteiger partial charge is 0.497 e. The second kappa shape index (κ2) is 7.39. The topological polar surface area (TPSA) is 78.7 Å². The van der Waals surface area contributed by atoms with Crippen LogP contribution in [0.4, 0.5) is 5.82 Å². The molecule has 0 amide bonds. The summed E-state index contributed by atoms with van der Waals surface area (Å²) in [6.45, 7) is 1.87. The smallest absolute Gasteiger partial charge is 0.164 e. The van der Waals surface area contributed by atoms with Crippen LogP contribution in [0.2, 0.25) is 0 Å². The maximum Gasteiger partial charge on any atom is 0.164 e. The third-order valence-electron chi connectivity index (χ3n) is 4.47. The molecule has 1 aliphatic rings. The van der Waals surface area contributed by atoms with Gasteiger partial charge in [-0.1, -0.05) is 0 Å². The Morgan fingerprint density at radius 2 is 2.04 bits per heavy atom. The summed E-state index contributed by atoms with van der Waals surface area (Å²) in [5.41, 5.74) is 0.920. The highest BCUT2D eigenvalue weighted by Crippen LogP contribution is 2.33. The standard InChI is InChI=1S/C16H22N3O3P/c1-22-13-2-3-15-14(10-13)16(18-11-17-15)19-7-4-12(5-8-19)6-9-23(20)21/h2-3,10-12,20-21H,4-9H2,1H3. The number of methoxy groups -OCH3 is 1. The first kappa shape index (κ1) is 16.4. The quantitative estimate of drug-likeness (QED) is 0.818. The van der Waals surface area contributed by atoms with E-state index in [2.05, 4.69) is 14.9 Å². The lowest BCUT2D eigenvalue weighted by Crippen LogP contribution is -2.34. The normalized spacial score (nSPS) is 16.3. The second-order valence-electron chi connectivity index (χ2n) is 5.90. The van der Waals surface area contributed by atoms with Crippen LogP contribution in [0.15, 0.2) is 24.5 Å². The van der Waals surface area contributed by atoms with Gasteiger partial charge in [0.2, 0.25) is 0 Å². The molecule has 23 heavy (non-hydrogen) atoms. The van der Waals surface area contributed by atoms with Crippen molar-refractivity contribution in [3.8, 4) is 5.75 Å². The molecule has 1 aliphatic heterocycles. The van der Waals surface area contributed by atoms with E-state index in [1.54, 1.807) is 13.4 Å². The van der Waals surface area contributed by atoms with Gasteiger partial charge in [0.25, 0.3) is 0 Å². The highest BCUT2D eigenvalue weighted by Gasteiger charge is 2.22. The van der Waals surface area contributed by atoms with Crippen molar-refractivity contribution in [2.24, 2.45) is 5.92 Å². The fourth-order valence-corrected chi connectivity index (χ4v) is 3.73. The Bertz CT molecular complexity index is 660. The van der Waals surface area contributed by atoms with Crippen molar-refractivity contribution in [1.82, 2.24) is 9.97 Å². The molecule has 124 valence electrons. The Balaban J connectivity index is 1.74. The third-order valence-corrected chi connectivity index (χ3v) is 5.13. The molecule has 1 fully saturated rings. The summed E-state index contributed by atoms with van der Waals surface area (Å²) >= 11 is 0. The van der Waals surface area contributed by atoms with Crippen molar-refractivity contribution in [1.29, 1.82) is 0 Å². The Morgan fingerprint density at radius 3 is 2.74 bits per heavy atom. The molecular formula is C16H22N3O3P. The van der Waals surface area contributed by atoms with Crippen LogP contribution in [-0.4, -0.2) is 46.1 Å². The van der Waals surface area contributed by atoms with Crippen LogP contribution >= 0.6 is 8.38 Å². The van der Waals surface area contributed by atoms with Gasteiger partial charge in [0.1, 0.15) is 17.9 Å². The van der Waals surface area contributed by atoms with Gasteiger partial charge in [0.15, 0.2) is 8.38 Å². The van der Waals surface area contributed by atoms with E-state index in [4.69, 9.17) is 14.5 Å². The van der Waals surface area contributed by atoms with Gasteiger partial charge in [0, 0.05) is 24.6 Å². The predicted molar refractivity (Wildman–Crippen MR) is 91.9 cm³/mol. The zero-order chi connectivity index (χ0) is 16.2.